The van der Waals surface area contributed by atoms with Gasteiger partial charge in [0, 0.05) is 6.07 Å². The second-order valence-corrected chi connectivity index (χ2v) is 8.40. The molecule has 0 amide bonds. The number of aryl methyl sites for hydroxylation is 1. The second-order valence-electron chi connectivity index (χ2n) is 8.40. The largest absolute Gasteiger partial charge is 0.403 e. The van der Waals surface area contributed by atoms with Gasteiger partial charge in [0.15, 0.2) is 0 Å². The number of nitrogens with one attached hydrogen (secondary N) is 1. The third-order valence-electron chi connectivity index (χ3n) is 6.26. The molecule has 0 unspecified atom stereocenters. The lowest BCUT2D eigenvalue weighted by Crippen LogP contribution is -2.28. The molecule has 2 aliphatic carbocycles. The predicted molar refractivity (Wildman–Crippen MR) is 107 cm³/mol. The molecule has 2 aromatic heterocycles. The number of fused-ring (bicyclic) bond motifs is 1. The summed E-state index contributed by atoms with van der Waals surface area (Å²) in [6, 6.07) is 1.06. The molecule has 10 heteroatoms. The number of halogens is 3. The number of aromatic amines is 1. The van der Waals surface area contributed by atoms with Crippen molar-refractivity contribution in [1.29, 1.82) is 0 Å². The number of hydrogen-bond donors (Lipinski definition) is 1. The van der Waals surface area contributed by atoms with E-state index in [1.165, 1.54) is 18.9 Å². The second kappa shape index (κ2) is 8.84. The van der Waals surface area contributed by atoms with Gasteiger partial charge in [-0.15, -0.1) is 0 Å². The highest BCUT2D eigenvalue weighted by molar-refractivity contribution is 5.84. The molecule has 31 heavy (non-hydrogen) atoms. The van der Waals surface area contributed by atoms with Crippen molar-refractivity contribution in [2.24, 2.45) is 17.0 Å². The van der Waals surface area contributed by atoms with Crippen LogP contribution in [0.3, 0.4) is 0 Å². The molecule has 7 nitrogen and oxygen atoms in total. The van der Waals surface area contributed by atoms with E-state index in [9.17, 15) is 22.8 Å². The Hall–Kier alpha value is -2.65. The van der Waals surface area contributed by atoms with Gasteiger partial charge in [-0.1, -0.05) is 30.8 Å². The first-order valence-electron chi connectivity index (χ1n) is 10.7. The first-order valence-corrected chi connectivity index (χ1v) is 10.7. The Kier molecular flexibility index (Phi) is 6.15. The number of alkyl halides is 3. The van der Waals surface area contributed by atoms with E-state index in [0.29, 0.717) is 23.6 Å². The van der Waals surface area contributed by atoms with E-state index in [2.05, 4.69) is 15.1 Å². The number of rotatable bonds is 5. The summed E-state index contributed by atoms with van der Waals surface area (Å²) in [4.78, 5) is 36.3. The number of H-pyrrole nitrogens is 1. The molecule has 0 atom stereocenters. The highest BCUT2D eigenvalue weighted by Gasteiger charge is 2.40. The van der Waals surface area contributed by atoms with Gasteiger partial charge < -0.3 is 9.25 Å². The van der Waals surface area contributed by atoms with Gasteiger partial charge in [-0.25, -0.2) is 4.79 Å². The van der Waals surface area contributed by atoms with E-state index in [4.69, 9.17) is 9.25 Å². The van der Waals surface area contributed by atoms with Crippen molar-refractivity contribution in [1.82, 2.24) is 9.97 Å². The van der Waals surface area contributed by atoms with Gasteiger partial charge in [0.05, 0.1) is 11.6 Å². The van der Waals surface area contributed by atoms with Crippen LogP contribution < -0.4 is 16.0 Å². The molecule has 2 saturated carbocycles. The molecular formula is C21H24F3N3O4. The van der Waals surface area contributed by atoms with Crippen LogP contribution in [-0.2, 0) is 6.42 Å². The minimum atomic E-state index is -4.20. The maximum absolute atomic E-state index is 12.8. The summed E-state index contributed by atoms with van der Waals surface area (Å²) in [5.41, 5.74) is -0.181. The molecule has 4 rings (SSSR count). The van der Waals surface area contributed by atoms with E-state index >= 15 is 0 Å². The van der Waals surface area contributed by atoms with Crippen molar-refractivity contribution >= 4 is 16.8 Å². The molecule has 0 bridgehead atoms. The zero-order valence-corrected chi connectivity index (χ0v) is 17.0. The molecule has 2 fully saturated rings. The Balaban J connectivity index is 1.50. The predicted octanol–water partition coefficient (Wildman–Crippen LogP) is 4.49. The normalized spacial score (nSPS) is 20.4. The van der Waals surface area contributed by atoms with Crippen LogP contribution in [0.4, 0.5) is 13.2 Å². The molecule has 168 valence electrons. The smallest absolute Gasteiger partial charge is 0.391 e. The Morgan fingerprint density at radius 2 is 1.87 bits per heavy atom. The summed E-state index contributed by atoms with van der Waals surface area (Å²) in [6.07, 6.45) is 2.23. The molecule has 2 heterocycles. The first kappa shape index (κ1) is 21.6. The van der Waals surface area contributed by atoms with Gasteiger partial charge in [0.25, 0.3) is 5.56 Å². The molecular weight excluding hydrogens is 415 g/mol. The molecule has 0 radical (unpaired) electrons. The van der Waals surface area contributed by atoms with Crippen molar-refractivity contribution < 1.29 is 22.4 Å². The highest BCUT2D eigenvalue weighted by Crippen LogP contribution is 2.36. The standard InChI is InChI=1S/C21H24F3N3O4/c22-21(23,24)14-7-9-15(10-8-14)27-31-20-25-18(29)17-13(6-5-12-3-1-2-4-12)11-16(28)30-19(17)26-20/h11-12,14H,1-10H2,(H,25,26,29). The molecule has 0 saturated heterocycles. The van der Waals surface area contributed by atoms with E-state index in [0.717, 1.165) is 19.3 Å². The van der Waals surface area contributed by atoms with Crippen LogP contribution in [0, 0.1) is 11.8 Å². The van der Waals surface area contributed by atoms with Crippen LogP contribution >= 0.6 is 0 Å². The first-order chi connectivity index (χ1) is 14.8. The zero-order valence-electron chi connectivity index (χ0n) is 17.0. The van der Waals surface area contributed by atoms with E-state index in [1.807, 2.05) is 0 Å². The lowest BCUT2D eigenvalue weighted by molar-refractivity contribution is -0.178. The molecule has 0 aliphatic heterocycles. The minimum absolute atomic E-state index is 0.0490. The minimum Gasteiger partial charge on any atom is -0.403 e. The number of oxime groups is 1. The van der Waals surface area contributed by atoms with Crippen LogP contribution in [0.15, 0.2) is 25.2 Å². The van der Waals surface area contributed by atoms with E-state index in [-0.39, 0.29) is 42.8 Å². The van der Waals surface area contributed by atoms with Crippen molar-refractivity contribution in [3.63, 3.8) is 0 Å². The van der Waals surface area contributed by atoms with Crippen molar-refractivity contribution in [2.45, 2.75) is 70.4 Å². The average molecular weight is 439 g/mol. The number of aromatic nitrogens is 2. The van der Waals surface area contributed by atoms with Crippen molar-refractivity contribution in [2.75, 3.05) is 0 Å². The summed E-state index contributed by atoms with van der Waals surface area (Å²) in [5.74, 6) is -0.734. The maximum Gasteiger partial charge on any atom is 0.391 e. The monoisotopic (exact) mass is 439 g/mol. The highest BCUT2D eigenvalue weighted by atomic mass is 19.4. The summed E-state index contributed by atoms with van der Waals surface area (Å²) in [6.45, 7) is 0. The molecule has 2 aliphatic rings. The van der Waals surface area contributed by atoms with Crippen LogP contribution in [0.25, 0.3) is 11.1 Å². The quantitative estimate of drug-likeness (QED) is 0.693. The fourth-order valence-corrected chi connectivity index (χ4v) is 4.51. The SMILES string of the molecule is O=c1cc(CCC2CCCC2)c2c(=O)[nH]c(ON=C3CCC(C(F)(F)F)CC3)nc2o1. The Morgan fingerprint density at radius 3 is 2.55 bits per heavy atom. The Labute approximate surface area is 175 Å². The third-order valence-corrected chi connectivity index (χ3v) is 6.26. The maximum atomic E-state index is 12.8. The Morgan fingerprint density at radius 1 is 1.16 bits per heavy atom. The fraction of sp³-hybridized carbons (Fsp3) is 0.619. The van der Waals surface area contributed by atoms with Gasteiger partial charge in [0.2, 0.25) is 5.71 Å². The molecule has 2 aromatic rings. The van der Waals surface area contributed by atoms with Crippen LogP contribution in [0.1, 0.15) is 63.4 Å². The lowest BCUT2D eigenvalue weighted by atomic mass is 9.87. The number of nitrogens with zero attached hydrogens (tertiary/aromatic N) is 2. The van der Waals surface area contributed by atoms with Gasteiger partial charge in [-0.05, 0) is 50.0 Å². The topological polar surface area (TPSA) is 97.5 Å². The summed E-state index contributed by atoms with van der Waals surface area (Å²) >= 11 is 0. The fourth-order valence-electron chi connectivity index (χ4n) is 4.51. The molecule has 1 N–H and O–H groups in total. The zero-order chi connectivity index (χ0) is 22.0. The van der Waals surface area contributed by atoms with Gasteiger partial charge in [-0.2, -0.15) is 18.2 Å². The summed E-state index contributed by atoms with van der Waals surface area (Å²) in [5, 5.41) is 4.06. The summed E-state index contributed by atoms with van der Waals surface area (Å²) < 4.78 is 43.4. The number of hydrogen-bond acceptors (Lipinski definition) is 6. The lowest BCUT2D eigenvalue weighted by Gasteiger charge is -2.24. The third kappa shape index (κ3) is 5.16. The average Bonchev–Trinajstić information content (AvgIpc) is 3.23. The van der Waals surface area contributed by atoms with Crippen LogP contribution in [-0.4, -0.2) is 21.9 Å². The summed E-state index contributed by atoms with van der Waals surface area (Å²) in [7, 11) is 0. The van der Waals surface area contributed by atoms with Crippen molar-refractivity contribution in [3.05, 3.63) is 32.4 Å². The van der Waals surface area contributed by atoms with E-state index in [1.54, 1.807) is 0 Å². The Bertz CT molecular complexity index is 1070. The van der Waals surface area contributed by atoms with E-state index < -0.39 is 23.3 Å². The van der Waals surface area contributed by atoms with Crippen LogP contribution in [0.5, 0.6) is 6.01 Å². The molecule has 0 spiro atoms. The molecule has 0 aromatic carbocycles. The van der Waals surface area contributed by atoms with Gasteiger partial charge in [-0.3, -0.25) is 9.78 Å². The van der Waals surface area contributed by atoms with Crippen molar-refractivity contribution in [3.8, 4) is 6.01 Å². The van der Waals surface area contributed by atoms with Gasteiger partial charge in [0.1, 0.15) is 5.39 Å². The van der Waals surface area contributed by atoms with Gasteiger partial charge >= 0.3 is 17.8 Å². The van der Waals surface area contributed by atoms with Crippen LogP contribution in [0.2, 0.25) is 0 Å².